The molecule has 6 heteroatoms. The molecule has 1 aliphatic rings. The first-order valence-corrected chi connectivity index (χ1v) is 11.1. The lowest BCUT2D eigenvalue weighted by Crippen LogP contribution is -2.47. The summed E-state index contributed by atoms with van der Waals surface area (Å²) in [5.74, 6) is -2.61. The summed E-state index contributed by atoms with van der Waals surface area (Å²) in [4.78, 5) is 11.5. The van der Waals surface area contributed by atoms with E-state index in [0.717, 1.165) is 19.3 Å². The predicted octanol–water partition coefficient (Wildman–Crippen LogP) is 4.83. The Hall–Kier alpha value is -1.27. The van der Waals surface area contributed by atoms with Crippen LogP contribution in [0.3, 0.4) is 0 Å². The van der Waals surface area contributed by atoms with Gasteiger partial charge in [-0.25, -0.2) is 4.79 Å². The standard InChI is InChI=1S/C22H40O6/c1-2-3-4-5-6-7-8-9-10-11-12-13-14-15-16-22(18(24)17-23)20(26)19(25)21(27)28-22/h18,23-26H,2-17H2,1H3/t18-,22+/m0/s1. The van der Waals surface area contributed by atoms with Crippen LogP contribution in [-0.2, 0) is 9.53 Å². The van der Waals surface area contributed by atoms with E-state index < -0.39 is 35.8 Å². The maximum Gasteiger partial charge on any atom is 0.378 e. The number of cyclic esters (lactones) is 1. The minimum absolute atomic E-state index is 0.175. The van der Waals surface area contributed by atoms with Crippen LogP contribution in [0, 0.1) is 0 Å². The molecule has 0 aromatic rings. The largest absolute Gasteiger partial charge is 0.505 e. The first-order valence-electron chi connectivity index (χ1n) is 11.1. The van der Waals surface area contributed by atoms with E-state index in [-0.39, 0.29) is 6.42 Å². The van der Waals surface area contributed by atoms with Crippen molar-refractivity contribution in [1.82, 2.24) is 0 Å². The molecule has 1 rings (SSSR count). The van der Waals surface area contributed by atoms with Gasteiger partial charge >= 0.3 is 5.97 Å². The molecule has 164 valence electrons. The summed E-state index contributed by atoms with van der Waals surface area (Å²) >= 11 is 0. The zero-order chi connectivity index (χ0) is 20.8. The van der Waals surface area contributed by atoms with Crippen molar-refractivity contribution in [2.24, 2.45) is 0 Å². The van der Waals surface area contributed by atoms with Gasteiger partial charge in [-0.15, -0.1) is 0 Å². The maximum absolute atomic E-state index is 11.5. The number of hydrogen-bond donors (Lipinski definition) is 4. The van der Waals surface area contributed by atoms with Crippen LogP contribution in [0.5, 0.6) is 0 Å². The molecule has 0 fully saturated rings. The first kappa shape index (κ1) is 24.8. The summed E-state index contributed by atoms with van der Waals surface area (Å²) < 4.78 is 5.02. The number of ether oxygens (including phenoxy) is 1. The van der Waals surface area contributed by atoms with Gasteiger partial charge in [0, 0.05) is 0 Å². The quantitative estimate of drug-likeness (QED) is 0.206. The molecule has 0 amide bonds. The van der Waals surface area contributed by atoms with Crippen molar-refractivity contribution in [2.75, 3.05) is 6.61 Å². The average Bonchev–Trinajstić information content (AvgIpc) is 2.92. The molecule has 0 unspecified atom stereocenters. The van der Waals surface area contributed by atoms with Gasteiger partial charge in [0.05, 0.1) is 6.61 Å². The predicted molar refractivity (Wildman–Crippen MR) is 109 cm³/mol. The van der Waals surface area contributed by atoms with E-state index in [9.17, 15) is 25.2 Å². The second kappa shape index (κ2) is 13.8. The van der Waals surface area contributed by atoms with Gasteiger partial charge in [0.25, 0.3) is 0 Å². The number of rotatable bonds is 17. The molecule has 0 saturated carbocycles. The van der Waals surface area contributed by atoms with Gasteiger partial charge in [0.15, 0.2) is 5.76 Å². The number of aliphatic hydroxyl groups is 4. The molecule has 0 saturated heterocycles. The van der Waals surface area contributed by atoms with E-state index in [2.05, 4.69) is 6.92 Å². The zero-order valence-corrected chi connectivity index (χ0v) is 17.5. The van der Waals surface area contributed by atoms with Crippen molar-refractivity contribution in [3.8, 4) is 0 Å². The second-order valence-corrected chi connectivity index (χ2v) is 8.02. The summed E-state index contributed by atoms with van der Waals surface area (Å²) in [5.41, 5.74) is -1.72. The molecule has 1 heterocycles. The topological polar surface area (TPSA) is 107 Å². The van der Waals surface area contributed by atoms with Gasteiger partial charge in [-0.2, -0.15) is 0 Å². The average molecular weight is 401 g/mol. The third-order valence-electron chi connectivity index (χ3n) is 5.71. The Bertz CT molecular complexity index is 476. The summed E-state index contributed by atoms with van der Waals surface area (Å²) in [6.07, 6.45) is 15.6. The second-order valence-electron chi connectivity index (χ2n) is 8.02. The summed E-state index contributed by atoms with van der Waals surface area (Å²) in [5, 5.41) is 38.7. The van der Waals surface area contributed by atoms with Gasteiger partial charge < -0.3 is 25.2 Å². The summed E-state index contributed by atoms with van der Waals surface area (Å²) in [6.45, 7) is 1.58. The summed E-state index contributed by atoms with van der Waals surface area (Å²) in [6, 6.07) is 0. The molecule has 0 aliphatic carbocycles. The smallest absolute Gasteiger partial charge is 0.378 e. The Morgan fingerprint density at radius 2 is 1.25 bits per heavy atom. The first-order chi connectivity index (χ1) is 13.5. The van der Waals surface area contributed by atoms with E-state index >= 15 is 0 Å². The summed E-state index contributed by atoms with van der Waals surface area (Å²) in [7, 11) is 0. The van der Waals surface area contributed by atoms with Crippen molar-refractivity contribution in [3.63, 3.8) is 0 Å². The van der Waals surface area contributed by atoms with Gasteiger partial charge in [-0.05, 0) is 12.8 Å². The van der Waals surface area contributed by atoms with Crippen molar-refractivity contribution in [1.29, 1.82) is 0 Å². The fourth-order valence-electron chi connectivity index (χ4n) is 3.85. The van der Waals surface area contributed by atoms with Crippen molar-refractivity contribution >= 4 is 5.97 Å². The highest BCUT2D eigenvalue weighted by Crippen LogP contribution is 2.37. The van der Waals surface area contributed by atoms with Crippen LogP contribution in [0.15, 0.2) is 11.5 Å². The number of esters is 1. The van der Waals surface area contributed by atoms with E-state index in [4.69, 9.17) is 4.74 Å². The van der Waals surface area contributed by atoms with Crippen molar-refractivity contribution in [3.05, 3.63) is 11.5 Å². The monoisotopic (exact) mass is 400 g/mol. The van der Waals surface area contributed by atoms with Gasteiger partial charge in [0.1, 0.15) is 6.10 Å². The van der Waals surface area contributed by atoms with Gasteiger partial charge in [-0.1, -0.05) is 90.4 Å². The molecular formula is C22H40O6. The number of carbonyl (C=O) groups excluding carboxylic acids is 1. The van der Waals surface area contributed by atoms with Crippen LogP contribution < -0.4 is 0 Å². The molecular weight excluding hydrogens is 360 g/mol. The molecule has 1 aliphatic heterocycles. The maximum atomic E-state index is 11.5. The van der Waals surface area contributed by atoms with Crippen LogP contribution in [0.1, 0.15) is 103 Å². The molecule has 0 spiro atoms. The number of hydrogen-bond acceptors (Lipinski definition) is 6. The van der Waals surface area contributed by atoms with Crippen molar-refractivity contribution in [2.45, 2.75) is 115 Å². The number of carbonyl (C=O) groups is 1. The lowest BCUT2D eigenvalue weighted by molar-refractivity contribution is -0.165. The Morgan fingerprint density at radius 1 is 0.821 bits per heavy atom. The molecule has 0 radical (unpaired) electrons. The lowest BCUT2D eigenvalue weighted by atomic mass is 9.88. The van der Waals surface area contributed by atoms with Crippen LogP contribution in [0.2, 0.25) is 0 Å². The van der Waals surface area contributed by atoms with E-state index in [1.807, 2.05) is 0 Å². The van der Waals surface area contributed by atoms with Crippen LogP contribution in [0.4, 0.5) is 0 Å². The highest BCUT2D eigenvalue weighted by Gasteiger charge is 2.53. The van der Waals surface area contributed by atoms with Crippen molar-refractivity contribution < 1.29 is 30.0 Å². The molecule has 0 bridgehead atoms. The molecule has 28 heavy (non-hydrogen) atoms. The van der Waals surface area contributed by atoms with Crippen LogP contribution in [-0.4, -0.2) is 44.7 Å². The van der Waals surface area contributed by atoms with E-state index in [1.54, 1.807) is 0 Å². The third kappa shape index (κ3) is 7.63. The van der Waals surface area contributed by atoms with Gasteiger partial charge in [-0.3, -0.25) is 0 Å². The minimum atomic E-state index is -1.72. The Labute approximate surface area is 169 Å². The normalized spacial score (nSPS) is 20.6. The van der Waals surface area contributed by atoms with Gasteiger partial charge in [0.2, 0.25) is 11.4 Å². The van der Waals surface area contributed by atoms with E-state index in [0.29, 0.717) is 6.42 Å². The Balaban J connectivity index is 2.09. The highest BCUT2D eigenvalue weighted by atomic mass is 16.6. The Kier molecular flexibility index (Phi) is 12.2. The number of unbranched alkanes of at least 4 members (excludes halogenated alkanes) is 13. The highest BCUT2D eigenvalue weighted by molar-refractivity contribution is 5.90. The fourth-order valence-corrected chi connectivity index (χ4v) is 3.85. The molecule has 4 N–H and O–H groups in total. The number of aliphatic hydroxyl groups excluding tert-OH is 4. The third-order valence-corrected chi connectivity index (χ3v) is 5.71. The Morgan fingerprint density at radius 3 is 1.61 bits per heavy atom. The lowest BCUT2D eigenvalue weighted by Gasteiger charge is -2.31. The molecule has 0 aromatic heterocycles. The van der Waals surface area contributed by atoms with Crippen LogP contribution in [0.25, 0.3) is 0 Å². The van der Waals surface area contributed by atoms with Crippen LogP contribution >= 0.6 is 0 Å². The SMILES string of the molecule is CCCCCCCCCCCCCCCC[C@]1([C@@H](O)CO)OC(=O)C(O)=C1O. The zero-order valence-electron chi connectivity index (χ0n) is 17.5. The minimum Gasteiger partial charge on any atom is -0.505 e. The molecule has 6 nitrogen and oxygen atoms in total. The molecule has 2 atom stereocenters. The van der Waals surface area contributed by atoms with E-state index in [1.165, 1.54) is 64.2 Å². The fraction of sp³-hybridized carbons (Fsp3) is 0.864. The molecule has 0 aromatic carbocycles.